The Bertz CT molecular complexity index is 275. The van der Waals surface area contributed by atoms with Gasteiger partial charge in [-0.1, -0.05) is 18.2 Å². The van der Waals surface area contributed by atoms with Crippen LogP contribution in [0.1, 0.15) is 18.4 Å². The van der Waals surface area contributed by atoms with Gasteiger partial charge in [0, 0.05) is 18.4 Å². The average Bonchev–Trinajstić information content (AvgIpc) is 2.11. The molecular formula is C11H14N2. The Kier molecular flexibility index (Phi) is 2.72. The molecule has 1 saturated heterocycles. The van der Waals surface area contributed by atoms with Crippen LogP contribution in [0, 0.1) is 0 Å². The highest BCUT2D eigenvalue weighted by molar-refractivity contribution is 5.47. The third-order valence-corrected chi connectivity index (χ3v) is 2.34. The summed E-state index contributed by atoms with van der Waals surface area (Å²) in [6.07, 6.45) is 10.5. The first-order valence-corrected chi connectivity index (χ1v) is 4.75. The van der Waals surface area contributed by atoms with E-state index >= 15 is 0 Å². The molecule has 1 N–H and O–H groups in total. The lowest BCUT2D eigenvalue weighted by atomic mass is 10.0. The van der Waals surface area contributed by atoms with Gasteiger partial charge in [-0.2, -0.15) is 0 Å². The molecule has 1 aliphatic heterocycles. The molecule has 68 valence electrons. The summed E-state index contributed by atoms with van der Waals surface area (Å²) in [6, 6.07) is 4.74. The van der Waals surface area contributed by atoms with Gasteiger partial charge in [-0.05, 0) is 31.0 Å². The monoisotopic (exact) mass is 174 g/mol. The minimum atomic E-state index is 0.716. The second-order valence-electron chi connectivity index (χ2n) is 3.36. The second kappa shape index (κ2) is 4.19. The minimum absolute atomic E-state index is 0.716. The molecule has 0 amide bonds. The molecular weight excluding hydrogens is 160 g/mol. The van der Waals surface area contributed by atoms with E-state index in [0.717, 1.165) is 6.42 Å². The number of nitrogens with one attached hydrogen (secondary N) is 1. The maximum atomic E-state index is 4.05. The summed E-state index contributed by atoms with van der Waals surface area (Å²) in [6.45, 7) is 1.19. The van der Waals surface area contributed by atoms with E-state index in [0.29, 0.717) is 6.04 Å². The molecule has 0 aliphatic carbocycles. The van der Waals surface area contributed by atoms with Crippen LogP contribution < -0.4 is 5.32 Å². The fourth-order valence-electron chi connectivity index (χ4n) is 1.39. The molecule has 2 heteroatoms. The van der Waals surface area contributed by atoms with Crippen molar-refractivity contribution in [2.45, 2.75) is 18.9 Å². The van der Waals surface area contributed by atoms with Crippen molar-refractivity contribution < 1.29 is 0 Å². The number of rotatable bonds is 3. The Morgan fingerprint density at radius 1 is 1.62 bits per heavy atom. The molecule has 1 aliphatic rings. The van der Waals surface area contributed by atoms with Gasteiger partial charge in [0.2, 0.25) is 0 Å². The highest BCUT2D eigenvalue weighted by Crippen LogP contribution is 2.08. The molecule has 0 saturated carbocycles. The van der Waals surface area contributed by atoms with Crippen molar-refractivity contribution in [3.05, 3.63) is 36.2 Å². The Balaban J connectivity index is 1.83. The summed E-state index contributed by atoms with van der Waals surface area (Å²) in [5.41, 5.74) is 1.18. The van der Waals surface area contributed by atoms with E-state index in [1.165, 1.54) is 18.5 Å². The smallest absolute Gasteiger partial charge is 0.0340 e. The van der Waals surface area contributed by atoms with Crippen LogP contribution in [0.5, 0.6) is 0 Å². The summed E-state index contributed by atoms with van der Waals surface area (Å²) in [5, 5.41) is 3.36. The van der Waals surface area contributed by atoms with Crippen LogP contribution in [0.3, 0.4) is 0 Å². The van der Waals surface area contributed by atoms with Gasteiger partial charge in [-0.15, -0.1) is 0 Å². The minimum Gasteiger partial charge on any atom is -0.314 e. The van der Waals surface area contributed by atoms with Crippen LogP contribution in [0.25, 0.3) is 6.08 Å². The van der Waals surface area contributed by atoms with Gasteiger partial charge in [-0.25, -0.2) is 0 Å². The van der Waals surface area contributed by atoms with E-state index in [1.807, 2.05) is 12.3 Å². The van der Waals surface area contributed by atoms with Crippen LogP contribution in [0.2, 0.25) is 0 Å². The molecule has 1 atom stereocenters. The maximum Gasteiger partial charge on any atom is 0.0340 e. The fraction of sp³-hybridized carbons (Fsp3) is 0.364. The van der Waals surface area contributed by atoms with Crippen molar-refractivity contribution in [1.29, 1.82) is 0 Å². The fourth-order valence-corrected chi connectivity index (χ4v) is 1.39. The molecule has 1 aromatic heterocycles. The lowest BCUT2D eigenvalue weighted by Crippen LogP contribution is -2.42. The molecule has 0 aromatic carbocycles. The lowest BCUT2D eigenvalue weighted by molar-refractivity contribution is 0.374. The second-order valence-corrected chi connectivity index (χ2v) is 3.36. The zero-order chi connectivity index (χ0) is 8.93. The zero-order valence-electron chi connectivity index (χ0n) is 7.61. The predicted molar refractivity (Wildman–Crippen MR) is 54.3 cm³/mol. The third kappa shape index (κ3) is 2.39. The summed E-state index contributed by atoms with van der Waals surface area (Å²) in [4.78, 5) is 4.05. The largest absolute Gasteiger partial charge is 0.314 e. The van der Waals surface area contributed by atoms with Crippen molar-refractivity contribution in [1.82, 2.24) is 10.3 Å². The summed E-state index contributed by atoms with van der Waals surface area (Å²) >= 11 is 0. The number of pyridine rings is 1. The van der Waals surface area contributed by atoms with Crippen LogP contribution in [-0.2, 0) is 0 Å². The van der Waals surface area contributed by atoms with Gasteiger partial charge in [0.15, 0.2) is 0 Å². The van der Waals surface area contributed by atoms with E-state index in [1.54, 1.807) is 6.20 Å². The Labute approximate surface area is 78.7 Å². The molecule has 0 bridgehead atoms. The quantitative estimate of drug-likeness (QED) is 0.756. The summed E-state index contributed by atoms with van der Waals surface area (Å²) in [5.74, 6) is 0. The van der Waals surface area contributed by atoms with Crippen molar-refractivity contribution in [2.24, 2.45) is 0 Å². The Morgan fingerprint density at radius 3 is 3.15 bits per heavy atom. The molecule has 2 heterocycles. The lowest BCUT2D eigenvalue weighted by Gasteiger charge is -2.26. The maximum absolute atomic E-state index is 4.05. The highest BCUT2D eigenvalue weighted by Gasteiger charge is 2.13. The molecule has 2 nitrogen and oxygen atoms in total. The van der Waals surface area contributed by atoms with Crippen LogP contribution in [0.15, 0.2) is 30.6 Å². The van der Waals surface area contributed by atoms with Gasteiger partial charge >= 0.3 is 0 Å². The SMILES string of the molecule is C(=C\c1cccnc1)/CC1CCN1. The number of nitrogens with zero attached hydrogens (tertiary/aromatic N) is 1. The number of hydrogen-bond acceptors (Lipinski definition) is 2. The first-order valence-electron chi connectivity index (χ1n) is 4.75. The summed E-state index contributed by atoms with van der Waals surface area (Å²) < 4.78 is 0. The van der Waals surface area contributed by atoms with Gasteiger partial charge in [0.1, 0.15) is 0 Å². The predicted octanol–water partition coefficient (Wildman–Crippen LogP) is 1.85. The highest BCUT2D eigenvalue weighted by atomic mass is 15.0. The Hall–Kier alpha value is -1.15. The number of hydrogen-bond donors (Lipinski definition) is 1. The third-order valence-electron chi connectivity index (χ3n) is 2.34. The topological polar surface area (TPSA) is 24.9 Å². The first-order chi connectivity index (χ1) is 6.45. The van der Waals surface area contributed by atoms with Crippen LogP contribution in [-0.4, -0.2) is 17.6 Å². The molecule has 0 radical (unpaired) electrons. The van der Waals surface area contributed by atoms with Crippen molar-refractivity contribution in [2.75, 3.05) is 6.54 Å². The van der Waals surface area contributed by atoms with Crippen molar-refractivity contribution in [3.63, 3.8) is 0 Å². The van der Waals surface area contributed by atoms with E-state index in [9.17, 15) is 0 Å². The van der Waals surface area contributed by atoms with Gasteiger partial charge in [0.05, 0.1) is 0 Å². The van der Waals surface area contributed by atoms with E-state index < -0.39 is 0 Å². The van der Waals surface area contributed by atoms with Crippen molar-refractivity contribution in [3.8, 4) is 0 Å². The normalized spacial score (nSPS) is 21.7. The molecule has 13 heavy (non-hydrogen) atoms. The number of aromatic nitrogens is 1. The van der Waals surface area contributed by atoms with Crippen LogP contribution >= 0.6 is 0 Å². The summed E-state index contributed by atoms with van der Waals surface area (Å²) in [7, 11) is 0. The molecule has 1 fully saturated rings. The molecule has 1 unspecified atom stereocenters. The van der Waals surface area contributed by atoms with Crippen molar-refractivity contribution >= 4 is 6.08 Å². The first kappa shape index (κ1) is 8.45. The average molecular weight is 174 g/mol. The Morgan fingerprint density at radius 2 is 2.54 bits per heavy atom. The zero-order valence-corrected chi connectivity index (χ0v) is 7.61. The van der Waals surface area contributed by atoms with Crippen LogP contribution in [0.4, 0.5) is 0 Å². The van der Waals surface area contributed by atoms with E-state index in [-0.39, 0.29) is 0 Å². The van der Waals surface area contributed by atoms with Gasteiger partial charge in [0.25, 0.3) is 0 Å². The molecule has 2 rings (SSSR count). The standard InChI is InChI=1S/C11H14N2/c1(5-11-6-8-13-11)3-10-4-2-7-12-9-10/h1-4,7,9,11,13H,5-6,8H2/b3-1+. The van der Waals surface area contributed by atoms with E-state index in [2.05, 4.69) is 28.5 Å². The van der Waals surface area contributed by atoms with Gasteiger partial charge < -0.3 is 5.32 Å². The molecule has 0 spiro atoms. The van der Waals surface area contributed by atoms with Gasteiger partial charge in [-0.3, -0.25) is 4.98 Å². The molecule has 1 aromatic rings. The van der Waals surface area contributed by atoms with E-state index in [4.69, 9.17) is 0 Å².